The molecule has 80 valence electrons. The van der Waals surface area contributed by atoms with Crippen LogP contribution in [-0.4, -0.2) is 32.1 Å². The lowest BCUT2D eigenvalue weighted by Gasteiger charge is -2.12. The molecule has 0 aromatic heterocycles. The highest BCUT2D eigenvalue weighted by Gasteiger charge is 2.01. The molecule has 0 aliphatic carbocycles. The SMILES string of the molecule is CN(C)CCNc1ccc(Br)cc1C#N. The number of hydrogen-bond acceptors (Lipinski definition) is 3. The lowest BCUT2D eigenvalue weighted by Crippen LogP contribution is -2.21. The molecule has 0 fully saturated rings. The van der Waals surface area contributed by atoms with Gasteiger partial charge in [-0.25, -0.2) is 0 Å². The summed E-state index contributed by atoms with van der Waals surface area (Å²) in [6, 6.07) is 7.83. The number of nitrogens with one attached hydrogen (secondary N) is 1. The first kappa shape index (κ1) is 12.0. The van der Waals surface area contributed by atoms with Crippen molar-refractivity contribution in [1.29, 1.82) is 5.26 Å². The van der Waals surface area contributed by atoms with E-state index in [0.29, 0.717) is 5.56 Å². The van der Waals surface area contributed by atoms with Gasteiger partial charge in [-0.3, -0.25) is 0 Å². The van der Waals surface area contributed by atoms with E-state index in [-0.39, 0.29) is 0 Å². The minimum absolute atomic E-state index is 0.670. The molecule has 4 heteroatoms. The maximum atomic E-state index is 8.93. The van der Waals surface area contributed by atoms with Crippen molar-refractivity contribution in [3.63, 3.8) is 0 Å². The first-order valence-electron chi connectivity index (χ1n) is 4.71. The Morgan fingerprint density at radius 3 is 2.80 bits per heavy atom. The molecule has 0 radical (unpaired) electrons. The zero-order valence-electron chi connectivity index (χ0n) is 8.92. The molecule has 0 aliphatic heterocycles. The number of anilines is 1. The Bertz CT molecular complexity index is 369. The zero-order chi connectivity index (χ0) is 11.3. The predicted molar refractivity (Wildman–Crippen MR) is 65.9 cm³/mol. The van der Waals surface area contributed by atoms with Crippen molar-refractivity contribution < 1.29 is 0 Å². The lowest BCUT2D eigenvalue weighted by atomic mass is 10.2. The molecular weight excluding hydrogens is 254 g/mol. The molecule has 1 aromatic carbocycles. The van der Waals surface area contributed by atoms with E-state index in [1.165, 1.54) is 0 Å². The average Bonchev–Trinajstić information content (AvgIpc) is 2.19. The fourth-order valence-corrected chi connectivity index (χ4v) is 1.54. The fraction of sp³-hybridized carbons (Fsp3) is 0.364. The Morgan fingerprint density at radius 1 is 1.47 bits per heavy atom. The molecule has 0 spiro atoms. The normalized spacial score (nSPS) is 10.1. The summed E-state index contributed by atoms with van der Waals surface area (Å²) in [7, 11) is 4.04. The monoisotopic (exact) mass is 267 g/mol. The number of nitrogens with zero attached hydrogens (tertiary/aromatic N) is 2. The Kier molecular flexibility index (Phi) is 4.60. The summed E-state index contributed by atoms with van der Waals surface area (Å²) in [6.45, 7) is 1.78. The molecule has 3 nitrogen and oxygen atoms in total. The summed E-state index contributed by atoms with van der Waals surface area (Å²) in [5, 5.41) is 12.2. The molecule has 0 saturated heterocycles. The molecule has 0 unspecified atom stereocenters. The number of likely N-dealkylation sites (N-methyl/N-ethyl adjacent to an activating group) is 1. The van der Waals surface area contributed by atoms with Crippen LogP contribution in [0.3, 0.4) is 0 Å². The van der Waals surface area contributed by atoms with Crippen molar-refractivity contribution in [2.24, 2.45) is 0 Å². The van der Waals surface area contributed by atoms with Crippen LogP contribution in [0.25, 0.3) is 0 Å². The molecule has 0 bridgehead atoms. The van der Waals surface area contributed by atoms with Crippen molar-refractivity contribution in [1.82, 2.24) is 4.90 Å². The van der Waals surface area contributed by atoms with Gasteiger partial charge in [-0.1, -0.05) is 15.9 Å². The molecule has 0 saturated carbocycles. The lowest BCUT2D eigenvalue weighted by molar-refractivity contribution is 0.425. The Labute approximate surface area is 98.8 Å². The van der Waals surface area contributed by atoms with Crippen LogP contribution in [0, 0.1) is 11.3 Å². The van der Waals surface area contributed by atoms with Crippen LogP contribution >= 0.6 is 15.9 Å². The van der Waals surface area contributed by atoms with Crippen molar-refractivity contribution in [3.05, 3.63) is 28.2 Å². The smallest absolute Gasteiger partial charge is 0.101 e. The van der Waals surface area contributed by atoms with Gasteiger partial charge >= 0.3 is 0 Å². The van der Waals surface area contributed by atoms with Crippen LogP contribution < -0.4 is 5.32 Å². The quantitative estimate of drug-likeness (QED) is 0.910. The van der Waals surface area contributed by atoms with Gasteiger partial charge in [0.05, 0.1) is 11.3 Å². The van der Waals surface area contributed by atoms with Gasteiger partial charge in [-0.2, -0.15) is 5.26 Å². The predicted octanol–water partition coefficient (Wildman–Crippen LogP) is 2.29. The van der Waals surface area contributed by atoms with E-state index in [2.05, 4.69) is 32.2 Å². The second-order valence-electron chi connectivity index (χ2n) is 3.53. The van der Waals surface area contributed by atoms with Crippen LogP contribution in [0.15, 0.2) is 22.7 Å². The molecule has 0 atom stereocenters. The highest BCUT2D eigenvalue weighted by atomic mass is 79.9. The summed E-state index contributed by atoms with van der Waals surface area (Å²) in [4.78, 5) is 2.10. The Hall–Kier alpha value is -1.05. The van der Waals surface area contributed by atoms with Gasteiger partial charge in [-0.05, 0) is 32.3 Å². The number of rotatable bonds is 4. The van der Waals surface area contributed by atoms with Gasteiger partial charge in [-0.15, -0.1) is 0 Å². The van der Waals surface area contributed by atoms with E-state index in [1.807, 2.05) is 32.3 Å². The molecule has 1 rings (SSSR count). The van der Waals surface area contributed by atoms with Crippen molar-refractivity contribution in [2.45, 2.75) is 0 Å². The van der Waals surface area contributed by atoms with Crippen molar-refractivity contribution in [3.8, 4) is 6.07 Å². The third-order valence-corrected chi connectivity index (χ3v) is 2.47. The third kappa shape index (κ3) is 3.90. The fourth-order valence-electron chi connectivity index (χ4n) is 1.18. The van der Waals surface area contributed by atoms with Gasteiger partial charge in [0.2, 0.25) is 0 Å². The topological polar surface area (TPSA) is 39.1 Å². The summed E-state index contributed by atoms with van der Waals surface area (Å²) in [5.41, 5.74) is 1.56. The molecule has 0 aliphatic rings. The Balaban J connectivity index is 2.65. The number of hydrogen-bond donors (Lipinski definition) is 1. The van der Waals surface area contributed by atoms with E-state index in [9.17, 15) is 0 Å². The molecule has 0 heterocycles. The van der Waals surface area contributed by atoms with E-state index >= 15 is 0 Å². The van der Waals surface area contributed by atoms with Crippen LogP contribution in [0.2, 0.25) is 0 Å². The van der Waals surface area contributed by atoms with E-state index in [0.717, 1.165) is 23.2 Å². The van der Waals surface area contributed by atoms with Gasteiger partial charge in [0, 0.05) is 17.6 Å². The van der Waals surface area contributed by atoms with E-state index in [4.69, 9.17) is 5.26 Å². The standard InChI is InChI=1S/C11H14BrN3/c1-15(2)6-5-14-11-4-3-10(12)7-9(11)8-13/h3-4,7,14H,5-6H2,1-2H3. The Morgan fingerprint density at radius 2 is 2.20 bits per heavy atom. The van der Waals surface area contributed by atoms with Crippen LogP contribution in [0.1, 0.15) is 5.56 Å². The molecular formula is C11H14BrN3. The number of nitriles is 1. The average molecular weight is 268 g/mol. The molecule has 1 aromatic rings. The largest absolute Gasteiger partial charge is 0.383 e. The third-order valence-electron chi connectivity index (χ3n) is 1.98. The van der Waals surface area contributed by atoms with E-state index < -0.39 is 0 Å². The minimum Gasteiger partial charge on any atom is -0.383 e. The zero-order valence-corrected chi connectivity index (χ0v) is 10.5. The number of halogens is 1. The summed E-state index contributed by atoms with van der Waals surface area (Å²) in [5.74, 6) is 0. The number of benzene rings is 1. The first-order valence-corrected chi connectivity index (χ1v) is 5.51. The van der Waals surface area contributed by atoms with Crippen LogP contribution in [-0.2, 0) is 0 Å². The van der Waals surface area contributed by atoms with Crippen molar-refractivity contribution in [2.75, 3.05) is 32.5 Å². The van der Waals surface area contributed by atoms with Crippen LogP contribution in [0.5, 0.6) is 0 Å². The summed E-state index contributed by atoms with van der Waals surface area (Å²) < 4.78 is 0.928. The molecule has 1 N–H and O–H groups in total. The second kappa shape index (κ2) is 5.74. The van der Waals surface area contributed by atoms with E-state index in [1.54, 1.807) is 0 Å². The summed E-state index contributed by atoms with van der Waals surface area (Å²) in [6.07, 6.45) is 0. The minimum atomic E-state index is 0.670. The van der Waals surface area contributed by atoms with Crippen molar-refractivity contribution >= 4 is 21.6 Å². The highest BCUT2D eigenvalue weighted by molar-refractivity contribution is 9.10. The molecule has 15 heavy (non-hydrogen) atoms. The maximum Gasteiger partial charge on any atom is 0.101 e. The highest BCUT2D eigenvalue weighted by Crippen LogP contribution is 2.19. The first-order chi connectivity index (χ1) is 7.13. The maximum absolute atomic E-state index is 8.93. The second-order valence-corrected chi connectivity index (χ2v) is 4.45. The van der Waals surface area contributed by atoms with Crippen LogP contribution in [0.4, 0.5) is 5.69 Å². The summed E-state index contributed by atoms with van der Waals surface area (Å²) >= 11 is 3.34. The van der Waals surface area contributed by atoms with Gasteiger partial charge < -0.3 is 10.2 Å². The molecule has 0 amide bonds. The van der Waals surface area contributed by atoms with Gasteiger partial charge in [0.15, 0.2) is 0 Å². The van der Waals surface area contributed by atoms with Gasteiger partial charge in [0.1, 0.15) is 6.07 Å². The van der Waals surface area contributed by atoms with Gasteiger partial charge in [0.25, 0.3) is 0 Å².